The molecule has 0 saturated heterocycles. The molecule has 1 fully saturated rings. The van der Waals surface area contributed by atoms with Gasteiger partial charge in [0.05, 0.1) is 0 Å². The zero-order chi connectivity index (χ0) is 15.4. The molecule has 0 bridgehead atoms. The molecule has 0 heterocycles. The summed E-state index contributed by atoms with van der Waals surface area (Å²) >= 11 is 0. The summed E-state index contributed by atoms with van der Waals surface area (Å²) in [6.07, 6.45) is 5.00. The average Bonchev–Trinajstić information content (AvgIpc) is 3.02. The molecule has 20 heavy (non-hydrogen) atoms. The van der Waals surface area contributed by atoms with E-state index >= 15 is 0 Å². The first-order valence-corrected chi connectivity index (χ1v) is 6.35. The lowest BCUT2D eigenvalue weighted by atomic mass is 9.90. The van der Waals surface area contributed by atoms with Crippen LogP contribution < -0.4 is 21.3 Å². The van der Waals surface area contributed by atoms with Gasteiger partial charge in [-0.15, -0.1) is 0 Å². The SMILES string of the molecule is CCC(C)(NC(=N)NC#N)C1CC1(C)NC(=N)NC#N. The molecular weight excluding hydrogens is 256 g/mol. The van der Waals surface area contributed by atoms with Crippen molar-refractivity contribution in [1.29, 1.82) is 21.3 Å². The van der Waals surface area contributed by atoms with E-state index in [1.54, 1.807) is 12.4 Å². The van der Waals surface area contributed by atoms with Crippen molar-refractivity contribution in [2.45, 2.75) is 44.7 Å². The number of nitriles is 2. The highest BCUT2D eigenvalue weighted by atomic mass is 15.2. The Morgan fingerprint density at radius 1 is 1.30 bits per heavy atom. The van der Waals surface area contributed by atoms with E-state index in [0.29, 0.717) is 0 Å². The van der Waals surface area contributed by atoms with Gasteiger partial charge in [-0.2, -0.15) is 10.5 Å². The second kappa shape index (κ2) is 5.66. The fourth-order valence-electron chi connectivity index (χ4n) is 2.60. The van der Waals surface area contributed by atoms with Gasteiger partial charge in [-0.3, -0.25) is 21.5 Å². The van der Waals surface area contributed by atoms with Crippen LogP contribution in [0.25, 0.3) is 0 Å². The van der Waals surface area contributed by atoms with Crippen LogP contribution in [0.5, 0.6) is 0 Å². The highest BCUT2D eigenvalue weighted by molar-refractivity contribution is 5.80. The molecule has 3 atom stereocenters. The summed E-state index contributed by atoms with van der Waals surface area (Å²) in [5, 5.41) is 42.7. The van der Waals surface area contributed by atoms with Gasteiger partial charge < -0.3 is 10.6 Å². The van der Waals surface area contributed by atoms with Gasteiger partial charge in [0.1, 0.15) is 0 Å². The Bertz CT molecular complexity index is 487. The molecule has 0 radical (unpaired) electrons. The predicted molar refractivity (Wildman–Crippen MR) is 74.4 cm³/mol. The van der Waals surface area contributed by atoms with Crippen molar-refractivity contribution >= 4 is 11.9 Å². The minimum absolute atomic E-state index is 0.0267. The third-order valence-electron chi connectivity index (χ3n) is 3.92. The molecule has 1 aliphatic rings. The zero-order valence-electron chi connectivity index (χ0n) is 11.9. The second-order valence-electron chi connectivity index (χ2n) is 5.42. The Kier molecular flexibility index (Phi) is 4.41. The quantitative estimate of drug-likeness (QED) is 0.186. The topological polar surface area (TPSA) is 143 Å². The number of guanidine groups is 2. The van der Waals surface area contributed by atoms with E-state index in [2.05, 4.69) is 21.3 Å². The zero-order valence-corrected chi connectivity index (χ0v) is 11.9. The molecule has 8 nitrogen and oxygen atoms in total. The molecule has 1 saturated carbocycles. The Labute approximate surface area is 118 Å². The monoisotopic (exact) mass is 276 g/mol. The number of hydrogen-bond donors (Lipinski definition) is 6. The molecule has 6 N–H and O–H groups in total. The van der Waals surface area contributed by atoms with Crippen molar-refractivity contribution < 1.29 is 0 Å². The summed E-state index contributed by atoms with van der Waals surface area (Å²) in [4.78, 5) is 0. The average molecular weight is 276 g/mol. The molecule has 1 aliphatic carbocycles. The van der Waals surface area contributed by atoms with E-state index in [4.69, 9.17) is 21.3 Å². The highest BCUT2D eigenvalue weighted by Gasteiger charge is 2.59. The normalized spacial score (nSPS) is 26.1. The summed E-state index contributed by atoms with van der Waals surface area (Å²) in [7, 11) is 0. The summed E-state index contributed by atoms with van der Waals surface area (Å²) in [5.41, 5.74) is -0.665. The largest absolute Gasteiger partial charge is 0.350 e. The summed E-state index contributed by atoms with van der Waals surface area (Å²) in [6, 6.07) is 0. The number of nitrogens with zero attached hydrogens (tertiary/aromatic N) is 2. The van der Waals surface area contributed by atoms with Crippen molar-refractivity contribution in [1.82, 2.24) is 21.3 Å². The van der Waals surface area contributed by atoms with Crippen LogP contribution in [0.15, 0.2) is 0 Å². The molecule has 108 valence electrons. The maximum Gasteiger partial charge on any atom is 0.202 e. The van der Waals surface area contributed by atoms with Gasteiger partial charge in [-0.05, 0) is 26.7 Å². The van der Waals surface area contributed by atoms with E-state index in [1.165, 1.54) is 0 Å². The fourth-order valence-corrected chi connectivity index (χ4v) is 2.60. The fraction of sp³-hybridized carbons (Fsp3) is 0.667. The molecule has 0 aliphatic heterocycles. The molecule has 8 heteroatoms. The first kappa shape index (κ1) is 15.6. The molecular formula is C12H20N8. The maximum atomic E-state index is 8.52. The highest BCUT2D eigenvalue weighted by Crippen LogP contribution is 2.50. The molecule has 3 unspecified atom stereocenters. The smallest absolute Gasteiger partial charge is 0.202 e. The van der Waals surface area contributed by atoms with E-state index in [9.17, 15) is 0 Å². The van der Waals surface area contributed by atoms with Crippen molar-refractivity contribution in [3.05, 3.63) is 0 Å². The molecule has 0 aromatic heterocycles. The third-order valence-corrected chi connectivity index (χ3v) is 3.92. The summed E-state index contributed by atoms with van der Waals surface area (Å²) < 4.78 is 0. The van der Waals surface area contributed by atoms with E-state index in [0.717, 1.165) is 12.8 Å². The lowest BCUT2D eigenvalue weighted by Gasteiger charge is -2.33. The van der Waals surface area contributed by atoms with Gasteiger partial charge in [0.25, 0.3) is 0 Å². The minimum Gasteiger partial charge on any atom is -0.350 e. The van der Waals surface area contributed by atoms with Gasteiger partial charge in [0.15, 0.2) is 12.4 Å². The van der Waals surface area contributed by atoms with Crippen molar-refractivity contribution in [3.63, 3.8) is 0 Å². The lowest BCUT2D eigenvalue weighted by Crippen LogP contribution is -2.54. The van der Waals surface area contributed by atoms with Gasteiger partial charge in [-0.25, -0.2) is 0 Å². The third kappa shape index (κ3) is 3.29. The summed E-state index contributed by atoms with van der Waals surface area (Å²) in [6.45, 7) is 5.96. The van der Waals surface area contributed by atoms with Gasteiger partial charge in [-0.1, -0.05) is 6.92 Å². The van der Waals surface area contributed by atoms with Crippen LogP contribution in [-0.4, -0.2) is 23.0 Å². The molecule has 0 spiro atoms. The molecule has 1 rings (SSSR count). The van der Waals surface area contributed by atoms with E-state index < -0.39 is 0 Å². The first-order valence-electron chi connectivity index (χ1n) is 6.35. The Morgan fingerprint density at radius 3 is 2.35 bits per heavy atom. The van der Waals surface area contributed by atoms with Crippen LogP contribution in [0, 0.1) is 39.6 Å². The minimum atomic E-state index is -0.365. The molecule has 0 aromatic rings. The van der Waals surface area contributed by atoms with Crippen LogP contribution in [0.4, 0.5) is 0 Å². The Balaban J connectivity index is 2.69. The summed E-state index contributed by atoms with van der Waals surface area (Å²) in [5.74, 6) is 0.124. The van der Waals surface area contributed by atoms with Crippen LogP contribution >= 0.6 is 0 Å². The lowest BCUT2D eigenvalue weighted by molar-refractivity contribution is 0.315. The van der Waals surface area contributed by atoms with Gasteiger partial charge >= 0.3 is 0 Å². The van der Waals surface area contributed by atoms with Crippen LogP contribution in [-0.2, 0) is 0 Å². The Morgan fingerprint density at radius 2 is 1.85 bits per heavy atom. The molecule has 0 aromatic carbocycles. The standard InChI is InChI=1S/C12H20N8/c1-4-11(2,19-9(15)17-6-13)8-5-12(8,3)20-10(16)18-7-14/h8H,4-5H2,1-3H3,(H3,15,17,19)(H3,16,18,20). The second-order valence-corrected chi connectivity index (χ2v) is 5.42. The van der Waals surface area contributed by atoms with E-state index in [-0.39, 0.29) is 28.9 Å². The van der Waals surface area contributed by atoms with E-state index in [1.807, 2.05) is 20.8 Å². The van der Waals surface area contributed by atoms with Crippen molar-refractivity contribution in [3.8, 4) is 12.4 Å². The van der Waals surface area contributed by atoms with Gasteiger partial charge in [0, 0.05) is 17.0 Å². The van der Waals surface area contributed by atoms with Crippen LogP contribution in [0.3, 0.4) is 0 Å². The van der Waals surface area contributed by atoms with Crippen LogP contribution in [0.1, 0.15) is 33.6 Å². The van der Waals surface area contributed by atoms with Gasteiger partial charge in [0.2, 0.25) is 11.9 Å². The molecule has 0 amide bonds. The van der Waals surface area contributed by atoms with Crippen molar-refractivity contribution in [2.75, 3.05) is 0 Å². The first-order chi connectivity index (χ1) is 9.31. The Hall–Kier alpha value is -2.48. The predicted octanol–water partition coefficient (Wildman–Crippen LogP) is 0.124. The van der Waals surface area contributed by atoms with Crippen LogP contribution in [0.2, 0.25) is 0 Å². The number of hydrogen-bond acceptors (Lipinski definition) is 4. The number of nitrogens with one attached hydrogen (secondary N) is 6. The maximum absolute atomic E-state index is 8.52. The van der Waals surface area contributed by atoms with Crippen molar-refractivity contribution in [2.24, 2.45) is 5.92 Å². The number of rotatable bonds is 4.